The van der Waals surface area contributed by atoms with Crippen molar-refractivity contribution in [2.45, 2.75) is 78.4 Å². The minimum absolute atomic E-state index is 0.105. The van der Waals surface area contributed by atoms with E-state index in [-0.39, 0.29) is 38.4 Å². The van der Waals surface area contributed by atoms with E-state index in [9.17, 15) is 9.59 Å². The maximum absolute atomic E-state index is 12.4. The molecule has 0 spiro atoms. The molecule has 3 rings (SSSR count). The second-order valence-electron chi connectivity index (χ2n) is 10.3. The predicted molar refractivity (Wildman–Crippen MR) is 169 cm³/mol. The SMILES string of the molecule is CCCCC(=O)OC(COCC)COc1c2ccccc2c(OCC(COCC)OC(=O)CCCC)c2cc(Cl)ccc12. The fourth-order valence-electron chi connectivity index (χ4n) is 4.60. The molecule has 3 aromatic rings. The Bertz CT molecular complexity index is 1310. The van der Waals surface area contributed by atoms with Crippen LogP contribution in [0.4, 0.5) is 0 Å². The van der Waals surface area contributed by atoms with E-state index in [4.69, 9.17) is 40.0 Å². The lowest BCUT2D eigenvalue weighted by Crippen LogP contribution is -2.30. The first-order valence-electron chi connectivity index (χ1n) is 15.4. The molecule has 0 heterocycles. The molecule has 0 aliphatic heterocycles. The van der Waals surface area contributed by atoms with Gasteiger partial charge in [0.15, 0.2) is 12.2 Å². The molecule has 9 heteroatoms. The summed E-state index contributed by atoms with van der Waals surface area (Å²) in [4.78, 5) is 24.8. The summed E-state index contributed by atoms with van der Waals surface area (Å²) in [6.45, 7) is 9.52. The van der Waals surface area contributed by atoms with E-state index in [1.165, 1.54) is 0 Å². The van der Waals surface area contributed by atoms with Crippen molar-refractivity contribution in [1.82, 2.24) is 0 Å². The van der Waals surface area contributed by atoms with E-state index in [0.717, 1.165) is 47.2 Å². The van der Waals surface area contributed by atoms with Crippen LogP contribution in [0.2, 0.25) is 5.02 Å². The first kappa shape index (κ1) is 34.4. The summed E-state index contributed by atoms with van der Waals surface area (Å²) in [6.07, 6.45) is 2.91. The van der Waals surface area contributed by atoms with Crippen LogP contribution >= 0.6 is 11.6 Å². The van der Waals surface area contributed by atoms with E-state index >= 15 is 0 Å². The van der Waals surface area contributed by atoms with Crippen LogP contribution in [0.15, 0.2) is 42.5 Å². The Balaban J connectivity index is 1.94. The Morgan fingerprint density at radius 2 is 1.12 bits per heavy atom. The van der Waals surface area contributed by atoms with E-state index in [1.807, 2.05) is 64.1 Å². The van der Waals surface area contributed by atoms with Crippen molar-refractivity contribution in [3.05, 3.63) is 47.5 Å². The van der Waals surface area contributed by atoms with Crippen LogP contribution in [0.1, 0.15) is 66.2 Å². The van der Waals surface area contributed by atoms with Crippen molar-refractivity contribution in [3.63, 3.8) is 0 Å². The van der Waals surface area contributed by atoms with Crippen molar-refractivity contribution in [1.29, 1.82) is 0 Å². The standard InChI is InChI=1S/C34H45ClO8/c1-5-9-15-31(36)42-25(20-38-7-3)22-40-33-27-13-11-12-14-28(27)34(30-19-24(35)17-18-29(30)33)41-23-26(21-39-8-4)43-32(37)16-10-6-2/h11-14,17-19,25-26H,5-10,15-16,20-23H2,1-4H3. The Morgan fingerprint density at radius 1 is 0.651 bits per heavy atom. The number of rotatable bonds is 20. The smallest absolute Gasteiger partial charge is 0.306 e. The van der Waals surface area contributed by atoms with Gasteiger partial charge in [-0.15, -0.1) is 0 Å². The third-order valence-electron chi connectivity index (χ3n) is 6.80. The molecule has 0 saturated heterocycles. The zero-order valence-electron chi connectivity index (χ0n) is 25.8. The van der Waals surface area contributed by atoms with Crippen LogP contribution in [0.25, 0.3) is 21.5 Å². The molecular formula is C34H45ClO8. The number of fused-ring (bicyclic) bond motifs is 2. The quantitative estimate of drug-likeness (QED) is 0.0943. The van der Waals surface area contributed by atoms with E-state index in [2.05, 4.69) is 0 Å². The van der Waals surface area contributed by atoms with E-state index in [0.29, 0.717) is 42.6 Å². The Morgan fingerprint density at radius 3 is 1.58 bits per heavy atom. The summed E-state index contributed by atoms with van der Waals surface area (Å²) in [5.74, 6) is 0.687. The molecule has 3 aromatic carbocycles. The average molecular weight is 617 g/mol. The average Bonchev–Trinajstić information content (AvgIpc) is 3.01. The predicted octanol–water partition coefficient (Wildman–Crippen LogP) is 7.68. The monoisotopic (exact) mass is 616 g/mol. The summed E-state index contributed by atoms with van der Waals surface area (Å²) in [7, 11) is 0. The molecule has 0 fully saturated rings. The first-order valence-corrected chi connectivity index (χ1v) is 15.7. The highest BCUT2D eigenvalue weighted by molar-refractivity contribution is 6.31. The maximum Gasteiger partial charge on any atom is 0.306 e. The van der Waals surface area contributed by atoms with Crippen molar-refractivity contribution < 1.29 is 38.0 Å². The Hall–Kier alpha value is -3.07. The molecule has 0 aromatic heterocycles. The van der Waals surface area contributed by atoms with Crippen molar-refractivity contribution >= 4 is 45.1 Å². The molecule has 0 aliphatic carbocycles. The highest BCUT2D eigenvalue weighted by atomic mass is 35.5. The highest BCUT2D eigenvalue weighted by Gasteiger charge is 2.22. The number of benzene rings is 3. The van der Waals surface area contributed by atoms with Gasteiger partial charge >= 0.3 is 11.9 Å². The summed E-state index contributed by atoms with van der Waals surface area (Å²) in [5.41, 5.74) is 0. The highest BCUT2D eigenvalue weighted by Crippen LogP contribution is 2.43. The molecule has 236 valence electrons. The first-order chi connectivity index (χ1) is 20.9. The van der Waals surface area contributed by atoms with Gasteiger partial charge in [-0.3, -0.25) is 9.59 Å². The molecule has 0 saturated carbocycles. The van der Waals surface area contributed by atoms with Crippen LogP contribution in [0, 0.1) is 0 Å². The molecule has 2 unspecified atom stereocenters. The molecule has 8 nitrogen and oxygen atoms in total. The van der Waals surface area contributed by atoms with Gasteiger partial charge in [0.05, 0.1) is 13.2 Å². The second kappa shape index (κ2) is 18.6. The normalized spacial score (nSPS) is 12.7. The van der Waals surface area contributed by atoms with Crippen molar-refractivity contribution in [2.75, 3.05) is 39.6 Å². The van der Waals surface area contributed by atoms with Crippen LogP contribution in [0.3, 0.4) is 0 Å². The number of hydrogen-bond donors (Lipinski definition) is 0. The van der Waals surface area contributed by atoms with Gasteiger partial charge in [0.1, 0.15) is 24.7 Å². The van der Waals surface area contributed by atoms with Gasteiger partial charge in [0.2, 0.25) is 0 Å². The summed E-state index contributed by atoms with van der Waals surface area (Å²) in [6, 6.07) is 13.3. The number of carbonyl (C=O) groups excluding carboxylic acids is 2. The molecular weight excluding hydrogens is 572 g/mol. The van der Waals surface area contributed by atoms with Crippen LogP contribution in [-0.4, -0.2) is 63.8 Å². The fraction of sp³-hybridized carbons (Fsp3) is 0.529. The van der Waals surface area contributed by atoms with Crippen LogP contribution in [-0.2, 0) is 28.5 Å². The minimum Gasteiger partial charge on any atom is -0.488 e. The number of unbranched alkanes of at least 4 members (excludes halogenated alkanes) is 2. The zero-order valence-corrected chi connectivity index (χ0v) is 26.6. The largest absolute Gasteiger partial charge is 0.488 e. The third kappa shape index (κ3) is 10.6. The lowest BCUT2D eigenvalue weighted by molar-refractivity contribution is -0.155. The molecule has 0 bridgehead atoms. The van der Waals surface area contributed by atoms with E-state index in [1.54, 1.807) is 6.07 Å². The van der Waals surface area contributed by atoms with E-state index < -0.39 is 12.2 Å². The van der Waals surface area contributed by atoms with Crippen molar-refractivity contribution in [2.24, 2.45) is 0 Å². The van der Waals surface area contributed by atoms with Gasteiger partial charge in [-0.25, -0.2) is 0 Å². The third-order valence-corrected chi connectivity index (χ3v) is 7.03. The number of hydrogen-bond acceptors (Lipinski definition) is 8. The Kier molecular flexibility index (Phi) is 14.9. The van der Waals surface area contributed by atoms with Crippen LogP contribution in [0.5, 0.6) is 11.5 Å². The lowest BCUT2D eigenvalue weighted by Gasteiger charge is -2.23. The lowest BCUT2D eigenvalue weighted by atomic mass is 10.0. The molecule has 0 radical (unpaired) electrons. The van der Waals surface area contributed by atoms with Gasteiger partial charge in [-0.2, -0.15) is 0 Å². The van der Waals surface area contributed by atoms with Crippen molar-refractivity contribution in [3.8, 4) is 11.5 Å². The van der Waals surface area contributed by atoms with Gasteiger partial charge in [-0.1, -0.05) is 62.6 Å². The molecule has 0 aliphatic rings. The maximum atomic E-state index is 12.4. The van der Waals surface area contributed by atoms with Gasteiger partial charge in [-0.05, 0) is 44.9 Å². The second-order valence-corrected chi connectivity index (χ2v) is 10.7. The number of ether oxygens (including phenoxy) is 6. The number of esters is 2. The number of carbonyl (C=O) groups is 2. The molecule has 43 heavy (non-hydrogen) atoms. The zero-order chi connectivity index (χ0) is 31.0. The molecule has 0 amide bonds. The Labute approximate surface area is 259 Å². The molecule has 2 atom stereocenters. The number of halogens is 1. The van der Waals surface area contributed by atoms with Crippen LogP contribution < -0.4 is 9.47 Å². The summed E-state index contributed by atoms with van der Waals surface area (Å²) in [5, 5.41) is 3.69. The van der Waals surface area contributed by atoms with Gasteiger partial charge < -0.3 is 28.4 Å². The molecule has 0 N–H and O–H groups in total. The summed E-state index contributed by atoms with van der Waals surface area (Å²) < 4.78 is 35.4. The van der Waals surface area contributed by atoms with Gasteiger partial charge in [0, 0.05) is 52.6 Å². The topological polar surface area (TPSA) is 89.5 Å². The van der Waals surface area contributed by atoms with Gasteiger partial charge in [0.25, 0.3) is 0 Å². The summed E-state index contributed by atoms with van der Waals surface area (Å²) >= 11 is 6.47. The minimum atomic E-state index is -0.574. The fourth-order valence-corrected chi connectivity index (χ4v) is 4.77.